The summed E-state index contributed by atoms with van der Waals surface area (Å²) in [6.07, 6.45) is 3.91. The van der Waals surface area contributed by atoms with Gasteiger partial charge in [-0.1, -0.05) is 30.5 Å². The minimum absolute atomic E-state index is 0.0192. The molecule has 2 heterocycles. The maximum atomic E-state index is 13.6. The predicted octanol–water partition coefficient (Wildman–Crippen LogP) is 4.06. The van der Waals surface area contributed by atoms with E-state index in [1.54, 1.807) is 17.6 Å². The number of fused-ring (bicyclic) bond motifs is 1. The average Bonchev–Trinajstić information content (AvgIpc) is 3.34. The third kappa shape index (κ3) is 3.21. The van der Waals surface area contributed by atoms with Gasteiger partial charge in [-0.15, -0.1) is 11.3 Å². The first-order valence-electron chi connectivity index (χ1n) is 9.25. The van der Waals surface area contributed by atoms with Crippen LogP contribution in [0.1, 0.15) is 51.4 Å². The average molecular weight is 423 g/mol. The lowest BCUT2D eigenvalue weighted by atomic mass is 9.77. The molecule has 0 unspecified atom stereocenters. The molecule has 0 saturated heterocycles. The Bertz CT molecular complexity index is 940. The number of thiophene rings is 1. The van der Waals surface area contributed by atoms with Crippen molar-refractivity contribution in [1.82, 2.24) is 10.4 Å². The molecule has 0 radical (unpaired) electrons. The molecule has 1 aromatic heterocycles. The number of nitrogens with zero attached hydrogens (tertiary/aromatic N) is 1. The van der Waals surface area contributed by atoms with Crippen LogP contribution in [-0.4, -0.2) is 28.5 Å². The molecule has 148 valence electrons. The summed E-state index contributed by atoms with van der Waals surface area (Å²) in [5, 5.41) is 9.14. The highest BCUT2D eigenvalue weighted by Gasteiger charge is 2.46. The van der Waals surface area contributed by atoms with Gasteiger partial charge in [0.1, 0.15) is 5.82 Å². The number of hydrogen-bond donors (Lipinski definition) is 2. The van der Waals surface area contributed by atoms with Gasteiger partial charge in [0, 0.05) is 16.4 Å². The van der Waals surface area contributed by atoms with Crippen molar-refractivity contribution in [2.24, 2.45) is 0 Å². The molecular weight excluding hydrogens is 403 g/mol. The molecule has 8 heteroatoms. The molecule has 28 heavy (non-hydrogen) atoms. The summed E-state index contributed by atoms with van der Waals surface area (Å²) >= 11 is 7.63. The lowest BCUT2D eigenvalue weighted by molar-refractivity contribution is -0.138. The van der Waals surface area contributed by atoms with Crippen LogP contribution in [0, 0.1) is 5.82 Å². The minimum Gasteiger partial charge on any atom is -0.336 e. The molecule has 1 aliphatic heterocycles. The molecule has 2 N–H and O–H groups in total. The van der Waals surface area contributed by atoms with E-state index in [1.165, 1.54) is 23.5 Å². The quantitative estimate of drug-likeness (QED) is 0.579. The van der Waals surface area contributed by atoms with Crippen LogP contribution < -0.4 is 5.48 Å². The first-order chi connectivity index (χ1) is 13.4. The molecule has 1 aliphatic carbocycles. The van der Waals surface area contributed by atoms with Crippen molar-refractivity contribution >= 4 is 34.8 Å². The second-order valence-electron chi connectivity index (χ2n) is 7.39. The summed E-state index contributed by atoms with van der Waals surface area (Å²) in [5.41, 5.74) is 2.67. The lowest BCUT2D eigenvalue weighted by Gasteiger charge is -2.37. The molecule has 2 amide bonds. The van der Waals surface area contributed by atoms with Gasteiger partial charge >= 0.3 is 0 Å². The number of halogens is 2. The van der Waals surface area contributed by atoms with Crippen LogP contribution in [0.5, 0.6) is 0 Å². The van der Waals surface area contributed by atoms with E-state index in [1.807, 2.05) is 4.90 Å². The second-order valence-corrected chi connectivity index (χ2v) is 8.93. The maximum Gasteiger partial charge on any atom is 0.284 e. The molecule has 0 atom stereocenters. The van der Waals surface area contributed by atoms with Crippen LogP contribution >= 0.6 is 22.9 Å². The Hall–Kier alpha value is -1.96. The number of hydrogen-bond acceptors (Lipinski definition) is 4. The highest BCUT2D eigenvalue weighted by Crippen LogP contribution is 2.46. The van der Waals surface area contributed by atoms with Crippen molar-refractivity contribution in [2.75, 3.05) is 6.54 Å². The van der Waals surface area contributed by atoms with Gasteiger partial charge in [0.25, 0.3) is 5.91 Å². The fourth-order valence-electron chi connectivity index (χ4n) is 4.42. The zero-order valence-electron chi connectivity index (χ0n) is 15.1. The molecule has 2 aromatic rings. The number of hydroxylamine groups is 1. The van der Waals surface area contributed by atoms with Gasteiger partial charge in [0.2, 0.25) is 5.91 Å². The van der Waals surface area contributed by atoms with Gasteiger partial charge < -0.3 is 4.90 Å². The number of carbonyl (C=O) groups excluding carboxylic acids is 2. The fourth-order valence-corrected chi connectivity index (χ4v) is 5.88. The molecular formula is C20H20ClFN2O3S. The Balaban J connectivity index is 1.64. The number of amides is 2. The van der Waals surface area contributed by atoms with Crippen LogP contribution in [0.2, 0.25) is 5.02 Å². The fraction of sp³-hybridized carbons (Fsp3) is 0.400. The predicted molar refractivity (Wildman–Crippen MR) is 104 cm³/mol. The normalized spacial score (nSPS) is 18.0. The summed E-state index contributed by atoms with van der Waals surface area (Å²) in [4.78, 5) is 28.5. The molecule has 5 nitrogen and oxygen atoms in total. The summed E-state index contributed by atoms with van der Waals surface area (Å²) < 4.78 is 13.5. The van der Waals surface area contributed by atoms with Gasteiger partial charge in [-0.3, -0.25) is 14.8 Å². The van der Waals surface area contributed by atoms with Crippen LogP contribution in [0.25, 0.3) is 0 Å². The van der Waals surface area contributed by atoms with Gasteiger partial charge in [0.05, 0.1) is 16.8 Å². The maximum absolute atomic E-state index is 13.6. The van der Waals surface area contributed by atoms with Crippen molar-refractivity contribution in [1.29, 1.82) is 0 Å². The van der Waals surface area contributed by atoms with Gasteiger partial charge in [-0.05, 0) is 48.6 Å². The standard InChI is InChI=1S/C20H20ClFN2O3S/c21-15-10-13(22)3-4-14(15)20(6-1-2-7-20)19(26)24-8-5-12-9-16(18(25)23-27)28-17(12)11-24/h3-4,9-10,27H,1-2,5-8,11H2,(H,23,25). The van der Waals surface area contributed by atoms with E-state index in [2.05, 4.69) is 0 Å². The molecule has 1 fully saturated rings. The van der Waals surface area contributed by atoms with E-state index in [0.717, 1.165) is 23.3 Å². The summed E-state index contributed by atoms with van der Waals surface area (Å²) in [6.45, 7) is 0.988. The van der Waals surface area contributed by atoms with Crippen molar-refractivity contribution in [3.63, 3.8) is 0 Å². The van der Waals surface area contributed by atoms with E-state index in [-0.39, 0.29) is 5.91 Å². The number of carbonyl (C=O) groups is 2. The number of benzene rings is 1. The molecule has 4 rings (SSSR count). The van der Waals surface area contributed by atoms with Crippen molar-refractivity contribution in [3.05, 3.63) is 56.0 Å². The van der Waals surface area contributed by atoms with Crippen LogP contribution in [-0.2, 0) is 23.2 Å². The zero-order chi connectivity index (χ0) is 19.9. The Morgan fingerprint density at radius 2 is 2.00 bits per heavy atom. The Kier molecular flexibility index (Phi) is 5.16. The van der Waals surface area contributed by atoms with Gasteiger partial charge in [-0.25, -0.2) is 9.87 Å². The summed E-state index contributed by atoms with van der Waals surface area (Å²) in [5.74, 6) is -0.932. The first-order valence-corrected chi connectivity index (χ1v) is 10.4. The summed E-state index contributed by atoms with van der Waals surface area (Å²) in [7, 11) is 0. The van der Waals surface area contributed by atoms with E-state index in [0.29, 0.717) is 47.8 Å². The first kappa shape index (κ1) is 19.4. The molecule has 1 aromatic carbocycles. The van der Waals surface area contributed by atoms with E-state index in [9.17, 15) is 14.0 Å². The van der Waals surface area contributed by atoms with Crippen molar-refractivity contribution < 1.29 is 19.2 Å². The third-order valence-corrected chi connectivity index (χ3v) is 7.28. The largest absolute Gasteiger partial charge is 0.336 e. The monoisotopic (exact) mass is 422 g/mol. The third-order valence-electron chi connectivity index (χ3n) is 5.81. The molecule has 1 saturated carbocycles. The SMILES string of the molecule is O=C(NO)c1cc2c(s1)CN(C(=O)C1(c3ccc(F)cc3Cl)CCCC1)CC2. The Morgan fingerprint density at radius 1 is 1.25 bits per heavy atom. The zero-order valence-corrected chi connectivity index (χ0v) is 16.7. The lowest BCUT2D eigenvalue weighted by Crippen LogP contribution is -2.47. The summed E-state index contributed by atoms with van der Waals surface area (Å²) in [6, 6.07) is 6.06. The van der Waals surface area contributed by atoms with E-state index >= 15 is 0 Å². The number of nitrogens with one attached hydrogen (secondary N) is 1. The molecule has 0 bridgehead atoms. The second kappa shape index (κ2) is 7.46. The van der Waals surface area contributed by atoms with Crippen LogP contribution in [0.4, 0.5) is 4.39 Å². The minimum atomic E-state index is -0.717. The van der Waals surface area contributed by atoms with Crippen LogP contribution in [0.3, 0.4) is 0 Å². The van der Waals surface area contributed by atoms with Crippen molar-refractivity contribution in [3.8, 4) is 0 Å². The Labute approximate surface area is 171 Å². The van der Waals surface area contributed by atoms with Gasteiger partial charge in [0.15, 0.2) is 0 Å². The van der Waals surface area contributed by atoms with Gasteiger partial charge in [-0.2, -0.15) is 0 Å². The topological polar surface area (TPSA) is 69.6 Å². The van der Waals surface area contributed by atoms with E-state index in [4.69, 9.17) is 16.8 Å². The highest BCUT2D eigenvalue weighted by atomic mass is 35.5. The highest BCUT2D eigenvalue weighted by molar-refractivity contribution is 7.14. The van der Waals surface area contributed by atoms with Crippen molar-refractivity contribution in [2.45, 2.75) is 44.1 Å². The number of rotatable bonds is 3. The Morgan fingerprint density at radius 3 is 2.68 bits per heavy atom. The smallest absolute Gasteiger partial charge is 0.284 e. The van der Waals surface area contributed by atoms with E-state index < -0.39 is 17.1 Å². The molecule has 0 spiro atoms. The van der Waals surface area contributed by atoms with Crippen LogP contribution in [0.15, 0.2) is 24.3 Å². The molecule has 2 aliphatic rings.